The van der Waals surface area contributed by atoms with Crippen molar-refractivity contribution in [2.45, 2.75) is 24.9 Å². The van der Waals surface area contributed by atoms with Crippen LogP contribution in [0, 0.1) is 0 Å². The van der Waals surface area contributed by atoms with Crippen molar-refractivity contribution in [1.29, 1.82) is 0 Å². The molecule has 2 atom stereocenters. The summed E-state index contributed by atoms with van der Waals surface area (Å²) in [6.07, 6.45) is -0.0868. The predicted octanol–water partition coefficient (Wildman–Crippen LogP) is -1.61. The molecule has 2 heterocycles. The van der Waals surface area contributed by atoms with Gasteiger partial charge in [0.25, 0.3) is 5.91 Å². The number of nitrogens with zero attached hydrogens (tertiary/aromatic N) is 2. The molecule has 0 saturated carbocycles. The molecule has 0 aromatic heterocycles. The maximum Gasteiger partial charge on any atom is 0.418 e. The van der Waals surface area contributed by atoms with Crippen LogP contribution in [0.5, 0.6) is 0 Å². The van der Waals surface area contributed by atoms with Crippen LogP contribution in [-0.2, 0) is 29.1 Å². The number of hydrogen-bond donors (Lipinski definition) is 3. The van der Waals surface area contributed by atoms with Crippen molar-refractivity contribution in [2.75, 3.05) is 26.8 Å². The molecular weight excluding hydrogens is 364 g/mol. The number of hydrogen-bond acceptors (Lipinski definition) is 8. The third-order valence-corrected chi connectivity index (χ3v) is 3.94. The number of urea groups is 1. The molecule has 2 aliphatic heterocycles. The van der Waals surface area contributed by atoms with Crippen LogP contribution in [-0.4, -0.2) is 79.9 Å². The van der Waals surface area contributed by atoms with E-state index >= 15 is 0 Å². The summed E-state index contributed by atoms with van der Waals surface area (Å²) in [4.78, 5) is 41.0. The summed E-state index contributed by atoms with van der Waals surface area (Å²) in [5.41, 5.74) is 2.14. The van der Waals surface area contributed by atoms with Gasteiger partial charge < -0.3 is 15.0 Å². The summed E-state index contributed by atoms with van der Waals surface area (Å²) in [7, 11) is -3.45. The molecule has 2 bridgehead atoms. The molecular formula is C11H18N4O9S. The molecule has 142 valence electrons. The summed E-state index contributed by atoms with van der Waals surface area (Å²) in [6, 6.07) is -2.30. The Kier molecular flexibility index (Phi) is 5.99. The van der Waals surface area contributed by atoms with Crippen LogP contribution in [0.25, 0.3) is 0 Å². The molecule has 2 fully saturated rings. The van der Waals surface area contributed by atoms with Crippen LogP contribution in [0.4, 0.5) is 9.59 Å². The third kappa shape index (κ3) is 4.91. The molecule has 25 heavy (non-hydrogen) atoms. The summed E-state index contributed by atoms with van der Waals surface area (Å²) < 4.78 is 39.2. The highest BCUT2D eigenvalue weighted by Gasteiger charge is 2.49. The van der Waals surface area contributed by atoms with Crippen molar-refractivity contribution in [2.24, 2.45) is 0 Å². The Bertz CT molecular complexity index is 639. The van der Waals surface area contributed by atoms with Crippen molar-refractivity contribution in [3.05, 3.63) is 0 Å². The fourth-order valence-corrected chi connectivity index (χ4v) is 2.93. The van der Waals surface area contributed by atoms with Crippen LogP contribution < -0.4 is 10.8 Å². The molecule has 3 N–H and O–H groups in total. The van der Waals surface area contributed by atoms with E-state index in [4.69, 9.17) is 9.39 Å². The topological polar surface area (TPSA) is 164 Å². The van der Waals surface area contributed by atoms with E-state index in [1.54, 1.807) is 0 Å². The summed E-state index contributed by atoms with van der Waals surface area (Å²) in [6.45, 7) is -0.113. The second-order valence-corrected chi connectivity index (χ2v) is 6.22. The fourth-order valence-electron chi connectivity index (χ4n) is 2.54. The lowest BCUT2D eigenvalue weighted by molar-refractivity contribution is -0.139. The first kappa shape index (κ1) is 19.2. The highest BCUT2D eigenvalue weighted by atomic mass is 32.3. The lowest BCUT2D eigenvalue weighted by atomic mass is 10.0. The van der Waals surface area contributed by atoms with Gasteiger partial charge in [0.15, 0.2) is 0 Å². The van der Waals surface area contributed by atoms with Gasteiger partial charge >= 0.3 is 22.5 Å². The maximum absolute atomic E-state index is 12.1. The van der Waals surface area contributed by atoms with Crippen LogP contribution >= 0.6 is 0 Å². The average Bonchev–Trinajstić information content (AvgIpc) is 2.77. The second-order valence-electron chi connectivity index (χ2n) is 5.21. The van der Waals surface area contributed by atoms with Crippen molar-refractivity contribution in [1.82, 2.24) is 20.8 Å². The maximum atomic E-state index is 12.1. The third-order valence-electron chi connectivity index (χ3n) is 3.60. The largest absolute Gasteiger partial charge is 0.447 e. The number of rotatable bonds is 7. The summed E-state index contributed by atoms with van der Waals surface area (Å²) in [5.74, 6) is -0.611. The Balaban J connectivity index is 1.82. The Morgan fingerprint density at radius 2 is 2.04 bits per heavy atom. The first-order chi connectivity index (χ1) is 11.7. The lowest BCUT2D eigenvalue weighted by Gasteiger charge is -2.28. The van der Waals surface area contributed by atoms with E-state index < -0.39 is 40.5 Å². The van der Waals surface area contributed by atoms with Gasteiger partial charge in [-0.05, 0) is 12.8 Å². The minimum absolute atomic E-state index is 0.0756. The number of alkyl carbamates (subject to hydrolysis) is 1. The molecule has 0 radical (unpaired) electrons. The molecule has 14 heteroatoms. The van der Waals surface area contributed by atoms with Crippen LogP contribution in [0.3, 0.4) is 0 Å². The Hall–Kier alpha value is -2.16. The van der Waals surface area contributed by atoms with E-state index in [1.165, 1.54) is 7.05 Å². The van der Waals surface area contributed by atoms with Gasteiger partial charge in [0.05, 0.1) is 6.04 Å². The second kappa shape index (κ2) is 7.81. The molecule has 0 spiro atoms. The van der Waals surface area contributed by atoms with E-state index in [1.807, 2.05) is 0 Å². The molecule has 0 aliphatic carbocycles. The van der Waals surface area contributed by atoms with E-state index in [0.29, 0.717) is 11.5 Å². The Morgan fingerprint density at radius 1 is 1.32 bits per heavy atom. The zero-order chi connectivity index (χ0) is 18.6. The molecule has 2 saturated heterocycles. The number of fused-ring (bicyclic) bond motifs is 2. The van der Waals surface area contributed by atoms with Gasteiger partial charge in [0.1, 0.15) is 19.3 Å². The Labute approximate surface area is 143 Å². The number of carbonyl (C=O) groups is 3. The van der Waals surface area contributed by atoms with Gasteiger partial charge in [-0.3, -0.25) is 14.2 Å². The van der Waals surface area contributed by atoms with Crippen LogP contribution in [0.15, 0.2) is 0 Å². The molecule has 2 aliphatic rings. The average molecular weight is 382 g/mol. The summed E-state index contributed by atoms with van der Waals surface area (Å²) in [5, 5.41) is 2.78. The zero-order valence-corrected chi connectivity index (χ0v) is 14.0. The van der Waals surface area contributed by atoms with Crippen molar-refractivity contribution in [3.63, 3.8) is 0 Å². The minimum Gasteiger partial charge on any atom is -0.447 e. The molecule has 0 aromatic carbocycles. The van der Waals surface area contributed by atoms with E-state index in [-0.39, 0.29) is 26.2 Å². The number of nitrogens with one attached hydrogen (secondary N) is 2. The van der Waals surface area contributed by atoms with Gasteiger partial charge in [0.2, 0.25) is 0 Å². The van der Waals surface area contributed by atoms with Gasteiger partial charge in [0, 0.05) is 13.6 Å². The lowest BCUT2D eigenvalue weighted by Crippen LogP contribution is -2.49. The molecule has 0 aromatic rings. The smallest absolute Gasteiger partial charge is 0.418 e. The fraction of sp³-hybridized carbons (Fsp3) is 0.727. The number of amides is 4. The zero-order valence-electron chi connectivity index (χ0n) is 13.2. The molecule has 2 rings (SSSR count). The first-order valence-corrected chi connectivity index (χ1v) is 8.62. The number of piperidine rings is 1. The van der Waals surface area contributed by atoms with Crippen LogP contribution in [0.2, 0.25) is 0 Å². The monoisotopic (exact) mass is 382 g/mol. The van der Waals surface area contributed by atoms with E-state index in [9.17, 15) is 22.8 Å². The van der Waals surface area contributed by atoms with E-state index in [2.05, 4.69) is 19.8 Å². The number of hydroxylamine groups is 3. The first-order valence-electron chi connectivity index (χ1n) is 7.26. The SMILES string of the molecule is CNC(=O)OCCONC(=O)[C@@H]1CC[C@@H]2CN1C(=O)N2OS(=O)(=O)O. The van der Waals surface area contributed by atoms with E-state index in [0.717, 1.165) is 4.90 Å². The van der Waals surface area contributed by atoms with Crippen molar-refractivity contribution in [3.8, 4) is 0 Å². The highest BCUT2D eigenvalue weighted by molar-refractivity contribution is 7.80. The van der Waals surface area contributed by atoms with Crippen LogP contribution in [0.1, 0.15) is 12.8 Å². The minimum atomic E-state index is -4.84. The van der Waals surface area contributed by atoms with Gasteiger partial charge in [-0.2, -0.15) is 13.5 Å². The standard InChI is InChI=1S/C11H18N4O9S/c1-12-10(17)22-4-5-23-13-9(16)8-3-2-7-6-14(8)11(18)15(7)24-25(19,20)21/h7-8H,2-6H2,1H3,(H,12,17)(H,13,16)(H,19,20,21)/t7-,8+/m1/s1. The van der Waals surface area contributed by atoms with Crippen molar-refractivity contribution >= 4 is 28.4 Å². The molecule has 0 unspecified atom stereocenters. The van der Waals surface area contributed by atoms with Gasteiger partial charge in [-0.15, -0.1) is 4.28 Å². The molecule has 13 nitrogen and oxygen atoms in total. The Morgan fingerprint density at radius 3 is 2.68 bits per heavy atom. The normalized spacial score (nSPS) is 22.7. The predicted molar refractivity (Wildman–Crippen MR) is 77.9 cm³/mol. The van der Waals surface area contributed by atoms with Gasteiger partial charge in [-0.1, -0.05) is 0 Å². The highest BCUT2D eigenvalue weighted by Crippen LogP contribution is 2.30. The number of ether oxygens (including phenoxy) is 1. The molecule has 4 amide bonds. The van der Waals surface area contributed by atoms with Gasteiger partial charge in [-0.25, -0.2) is 15.1 Å². The van der Waals surface area contributed by atoms with Crippen molar-refractivity contribution < 1.29 is 41.2 Å². The number of carbonyl (C=O) groups excluding carboxylic acids is 3. The summed E-state index contributed by atoms with van der Waals surface area (Å²) >= 11 is 0. The quantitative estimate of drug-likeness (QED) is 0.267.